The van der Waals surface area contributed by atoms with Gasteiger partial charge in [-0.15, -0.1) is 11.3 Å². The molecule has 1 saturated heterocycles. The third-order valence-electron chi connectivity index (χ3n) is 4.28. The number of carbonyl (C=O) groups is 1. The van der Waals surface area contributed by atoms with Crippen molar-refractivity contribution in [3.05, 3.63) is 45.9 Å². The fourth-order valence-corrected chi connectivity index (χ4v) is 5.05. The number of aryl methyl sites for hydroxylation is 1. The first-order valence-corrected chi connectivity index (χ1v) is 10.6. The van der Waals surface area contributed by atoms with Crippen LogP contribution in [0.1, 0.15) is 40.2 Å². The molecule has 1 fully saturated rings. The largest absolute Gasteiger partial charge is 0.347 e. The average Bonchev–Trinajstić information content (AvgIpc) is 3.07. The molecule has 2 heterocycles. The maximum Gasteiger partial charge on any atom is 0.263 e. The van der Waals surface area contributed by atoms with E-state index in [9.17, 15) is 13.2 Å². The zero-order valence-electron chi connectivity index (χ0n) is 14.1. The second-order valence-corrected chi connectivity index (χ2v) is 8.85. The van der Waals surface area contributed by atoms with Gasteiger partial charge in [-0.25, -0.2) is 13.4 Å². The zero-order valence-corrected chi connectivity index (χ0v) is 15.7. The van der Waals surface area contributed by atoms with Crippen molar-refractivity contribution in [2.45, 2.75) is 37.6 Å². The number of nitrogens with zero attached hydrogens (tertiary/aromatic N) is 2. The molecule has 1 aromatic carbocycles. The summed E-state index contributed by atoms with van der Waals surface area (Å²) < 4.78 is 26.8. The van der Waals surface area contributed by atoms with Crippen LogP contribution in [0.3, 0.4) is 0 Å². The number of hydrogen-bond acceptors (Lipinski definition) is 5. The highest BCUT2D eigenvalue weighted by Gasteiger charge is 2.25. The van der Waals surface area contributed by atoms with Gasteiger partial charge in [0.25, 0.3) is 5.91 Å². The van der Waals surface area contributed by atoms with Crippen molar-refractivity contribution in [3.8, 4) is 0 Å². The summed E-state index contributed by atoms with van der Waals surface area (Å²) >= 11 is 1.31. The van der Waals surface area contributed by atoms with Gasteiger partial charge in [0.15, 0.2) is 0 Å². The van der Waals surface area contributed by atoms with Crippen molar-refractivity contribution in [1.29, 1.82) is 0 Å². The summed E-state index contributed by atoms with van der Waals surface area (Å²) in [7, 11) is -3.41. The second kappa shape index (κ2) is 7.63. The Labute approximate surface area is 151 Å². The molecule has 6 nitrogen and oxygen atoms in total. The first kappa shape index (κ1) is 18.0. The number of rotatable bonds is 5. The number of hydrogen-bond donors (Lipinski definition) is 1. The van der Waals surface area contributed by atoms with E-state index in [0.717, 1.165) is 24.8 Å². The Balaban J connectivity index is 1.64. The van der Waals surface area contributed by atoms with Crippen LogP contribution in [0.5, 0.6) is 0 Å². The molecule has 0 spiro atoms. The molecule has 1 aromatic heterocycles. The van der Waals surface area contributed by atoms with Crippen LogP contribution in [0, 0.1) is 6.92 Å². The Morgan fingerprint density at radius 3 is 2.48 bits per heavy atom. The van der Waals surface area contributed by atoms with Gasteiger partial charge < -0.3 is 5.32 Å². The molecule has 0 unspecified atom stereocenters. The highest BCUT2D eigenvalue weighted by atomic mass is 32.2. The molecule has 0 aliphatic carbocycles. The summed E-state index contributed by atoms with van der Waals surface area (Å²) in [6, 6.07) is 6.72. The third-order valence-corrected chi connectivity index (χ3v) is 7.12. The fraction of sp³-hybridized carbons (Fsp3) is 0.412. The van der Waals surface area contributed by atoms with Gasteiger partial charge in [-0.05, 0) is 37.5 Å². The first-order valence-electron chi connectivity index (χ1n) is 8.26. The van der Waals surface area contributed by atoms with E-state index in [-0.39, 0.29) is 5.91 Å². The summed E-state index contributed by atoms with van der Waals surface area (Å²) in [6.07, 6.45) is 2.92. The van der Waals surface area contributed by atoms with Crippen LogP contribution in [0.2, 0.25) is 0 Å². The van der Waals surface area contributed by atoms with Gasteiger partial charge in [-0.1, -0.05) is 18.6 Å². The maximum atomic E-state index is 12.6. The van der Waals surface area contributed by atoms with Crippen molar-refractivity contribution in [2.75, 3.05) is 13.1 Å². The Bertz CT molecular complexity index is 838. The quantitative estimate of drug-likeness (QED) is 0.866. The number of carbonyl (C=O) groups excluding carboxylic acids is 1. The lowest BCUT2D eigenvalue weighted by molar-refractivity contribution is 0.0954. The van der Waals surface area contributed by atoms with E-state index in [4.69, 9.17) is 0 Å². The smallest absolute Gasteiger partial charge is 0.263 e. The SMILES string of the molecule is Cc1ncsc1C(=O)NCc1ccc(S(=O)(=O)N2CCCCC2)cc1. The van der Waals surface area contributed by atoms with Crippen LogP contribution in [-0.2, 0) is 16.6 Å². The number of thiazole rings is 1. The Morgan fingerprint density at radius 2 is 1.88 bits per heavy atom. The molecule has 1 N–H and O–H groups in total. The van der Waals surface area contributed by atoms with E-state index < -0.39 is 10.0 Å². The molecule has 0 bridgehead atoms. The van der Waals surface area contributed by atoms with Crippen molar-refractivity contribution >= 4 is 27.3 Å². The summed E-state index contributed by atoms with van der Waals surface area (Å²) in [5.41, 5.74) is 3.21. The summed E-state index contributed by atoms with van der Waals surface area (Å²) in [5.74, 6) is -0.162. The molecular weight excluding hydrogens is 358 g/mol. The van der Waals surface area contributed by atoms with Gasteiger partial charge in [0.1, 0.15) is 4.88 Å². The Morgan fingerprint density at radius 1 is 1.20 bits per heavy atom. The fourth-order valence-electron chi connectivity index (χ4n) is 2.82. The average molecular weight is 380 g/mol. The minimum Gasteiger partial charge on any atom is -0.347 e. The van der Waals surface area contributed by atoms with Gasteiger partial charge >= 0.3 is 0 Å². The van der Waals surface area contributed by atoms with Crippen LogP contribution in [0.25, 0.3) is 0 Å². The van der Waals surface area contributed by atoms with Gasteiger partial charge in [0.2, 0.25) is 10.0 Å². The van der Waals surface area contributed by atoms with Gasteiger partial charge in [0.05, 0.1) is 16.1 Å². The minimum absolute atomic E-state index is 0.162. The number of nitrogens with one attached hydrogen (secondary N) is 1. The molecular formula is C17H21N3O3S2. The summed E-state index contributed by atoms with van der Waals surface area (Å²) in [4.78, 5) is 17.1. The summed E-state index contributed by atoms with van der Waals surface area (Å²) in [5, 5.41) is 2.84. The number of amides is 1. The normalized spacial score (nSPS) is 15.9. The highest BCUT2D eigenvalue weighted by molar-refractivity contribution is 7.89. The lowest BCUT2D eigenvalue weighted by atomic mass is 10.2. The lowest BCUT2D eigenvalue weighted by Gasteiger charge is -2.25. The van der Waals surface area contributed by atoms with Crippen molar-refractivity contribution < 1.29 is 13.2 Å². The molecule has 3 rings (SSSR count). The van der Waals surface area contributed by atoms with Crippen LogP contribution in [0.4, 0.5) is 0 Å². The highest BCUT2D eigenvalue weighted by Crippen LogP contribution is 2.21. The molecule has 1 aliphatic rings. The first-order chi connectivity index (χ1) is 12.0. The summed E-state index contributed by atoms with van der Waals surface area (Å²) in [6.45, 7) is 3.33. The van der Waals surface area contributed by atoms with Crippen LogP contribution in [0.15, 0.2) is 34.7 Å². The van der Waals surface area contributed by atoms with E-state index >= 15 is 0 Å². The predicted octanol–water partition coefficient (Wildman–Crippen LogP) is 2.56. The van der Waals surface area contributed by atoms with Crippen molar-refractivity contribution in [1.82, 2.24) is 14.6 Å². The predicted molar refractivity (Wildman–Crippen MR) is 97.1 cm³/mol. The number of aromatic nitrogens is 1. The van der Waals surface area contributed by atoms with Gasteiger partial charge in [0, 0.05) is 19.6 Å². The molecule has 134 valence electrons. The number of benzene rings is 1. The third kappa shape index (κ3) is 4.08. The van der Waals surface area contributed by atoms with Crippen LogP contribution in [-0.4, -0.2) is 36.7 Å². The molecule has 0 atom stereocenters. The topological polar surface area (TPSA) is 79.4 Å². The molecule has 2 aromatic rings. The van der Waals surface area contributed by atoms with E-state index in [2.05, 4.69) is 10.3 Å². The molecule has 0 radical (unpaired) electrons. The van der Waals surface area contributed by atoms with Gasteiger partial charge in [-0.2, -0.15) is 4.31 Å². The Hall–Kier alpha value is -1.77. The number of piperidine rings is 1. The molecule has 25 heavy (non-hydrogen) atoms. The molecule has 0 saturated carbocycles. The second-order valence-electron chi connectivity index (χ2n) is 6.06. The van der Waals surface area contributed by atoms with E-state index in [0.29, 0.717) is 35.1 Å². The molecule has 8 heteroatoms. The Kier molecular flexibility index (Phi) is 5.51. The zero-order chi connectivity index (χ0) is 17.9. The standard InChI is InChI=1S/C17H21N3O3S2/c1-13-16(24-12-19-13)17(21)18-11-14-5-7-15(8-6-14)25(22,23)20-9-3-2-4-10-20/h5-8,12H,2-4,9-11H2,1H3,(H,18,21). The van der Waals surface area contributed by atoms with Crippen molar-refractivity contribution in [3.63, 3.8) is 0 Å². The number of sulfonamides is 1. The van der Waals surface area contributed by atoms with E-state index in [1.807, 2.05) is 0 Å². The molecule has 1 amide bonds. The maximum absolute atomic E-state index is 12.6. The molecule has 1 aliphatic heterocycles. The van der Waals surface area contributed by atoms with Crippen molar-refractivity contribution in [2.24, 2.45) is 0 Å². The lowest BCUT2D eigenvalue weighted by Crippen LogP contribution is -2.35. The van der Waals surface area contributed by atoms with Gasteiger partial charge in [-0.3, -0.25) is 4.79 Å². The van der Waals surface area contributed by atoms with Crippen LogP contribution >= 0.6 is 11.3 Å². The van der Waals surface area contributed by atoms with E-state index in [1.54, 1.807) is 41.0 Å². The minimum atomic E-state index is -3.41. The van der Waals surface area contributed by atoms with E-state index in [1.165, 1.54) is 11.3 Å². The monoisotopic (exact) mass is 379 g/mol. The van der Waals surface area contributed by atoms with Crippen LogP contribution < -0.4 is 5.32 Å².